The predicted molar refractivity (Wildman–Crippen MR) is 128 cm³/mol. The Hall–Kier alpha value is -2.29. The minimum absolute atomic E-state index is 0.0529. The molecule has 2 heterocycles. The molecule has 2 N–H and O–H groups in total. The Morgan fingerprint density at radius 1 is 1.10 bits per heavy atom. The second kappa shape index (κ2) is 9.46. The van der Waals surface area contributed by atoms with Crippen LogP contribution >= 0.6 is 0 Å². The van der Waals surface area contributed by atoms with Gasteiger partial charge in [-0.3, -0.25) is 0 Å². The zero-order chi connectivity index (χ0) is 22.8. The summed E-state index contributed by atoms with van der Waals surface area (Å²) in [4.78, 5) is 11.4. The van der Waals surface area contributed by atoms with Gasteiger partial charge in [0.1, 0.15) is 12.0 Å². The molecule has 1 aliphatic heterocycles. The minimum Gasteiger partial charge on any atom is -0.423 e. The quantitative estimate of drug-likeness (QED) is 0.628. The predicted octanol–water partition coefficient (Wildman–Crippen LogP) is 2.38. The van der Waals surface area contributed by atoms with E-state index in [0.29, 0.717) is 18.6 Å². The zero-order valence-electron chi connectivity index (χ0n) is 19.5. The van der Waals surface area contributed by atoms with E-state index < -0.39 is 7.12 Å². The van der Waals surface area contributed by atoms with Crippen molar-refractivity contribution in [3.05, 3.63) is 42.1 Å². The van der Waals surface area contributed by atoms with Gasteiger partial charge in [-0.05, 0) is 64.3 Å². The van der Waals surface area contributed by atoms with Gasteiger partial charge in [0.25, 0.3) is 0 Å². The maximum atomic E-state index is 9.64. The van der Waals surface area contributed by atoms with E-state index in [-0.39, 0.29) is 11.8 Å². The third kappa shape index (κ3) is 5.14. The van der Waals surface area contributed by atoms with Gasteiger partial charge < -0.3 is 29.5 Å². The number of aromatic nitrogens is 1. The summed E-state index contributed by atoms with van der Waals surface area (Å²) < 4.78 is 6.00. The summed E-state index contributed by atoms with van der Waals surface area (Å²) in [5.74, 6) is 0.972. The monoisotopic (exact) mass is 426 g/mol. The molecule has 31 heavy (non-hydrogen) atoms. The van der Waals surface area contributed by atoms with Crippen molar-refractivity contribution in [2.75, 3.05) is 48.0 Å². The Labute approximate surface area is 186 Å². The molecular formula is C23H35BN4O3. The van der Waals surface area contributed by atoms with E-state index >= 15 is 0 Å². The molecule has 0 aliphatic carbocycles. The van der Waals surface area contributed by atoms with E-state index in [4.69, 9.17) is 9.72 Å². The van der Waals surface area contributed by atoms with Gasteiger partial charge >= 0.3 is 7.12 Å². The van der Waals surface area contributed by atoms with Crippen LogP contribution in [0.1, 0.15) is 46.3 Å². The van der Waals surface area contributed by atoms with Crippen LogP contribution in [0.2, 0.25) is 0 Å². The van der Waals surface area contributed by atoms with Crippen LogP contribution in [0.25, 0.3) is 0 Å². The molecule has 0 spiro atoms. The number of hydrogen-bond donors (Lipinski definition) is 2. The molecule has 1 aliphatic rings. The molecule has 2 aromatic rings. The highest BCUT2D eigenvalue weighted by atomic mass is 16.5. The lowest BCUT2D eigenvalue weighted by atomic mass is 9.80. The molecule has 1 aromatic heterocycles. The fraction of sp³-hybridized carbons (Fsp3) is 0.522. The maximum Gasteiger partial charge on any atom is 0.488 e. The van der Waals surface area contributed by atoms with Crippen LogP contribution in [0.15, 0.2) is 36.5 Å². The molecule has 1 aromatic carbocycles. The van der Waals surface area contributed by atoms with E-state index in [2.05, 4.69) is 61.5 Å². The molecule has 1 atom stereocenters. The smallest absolute Gasteiger partial charge is 0.423 e. The van der Waals surface area contributed by atoms with Gasteiger partial charge in [-0.15, -0.1) is 0 Å². The molecule has 7 nitrogen and oxygen atoms in total. The topological polar surface area (TPSA) is 72.3 Å². The molecule has 0 fully saturated rings. The van der Waals surface area contributed by atoms with Crippen LogP contribution in [-0.2, 0) is 4.74 Å². The highest BCUT2D eigenvalue weighted by Gasteiger charge is 2.35. The summed E-state index contributed by atoms with van der Waals surface area (Å²) in [5.41, 5.74) is 3.35. The first-order chi connectivity index (χ1) is 14.7. The number of fused-ring (bicyclic) bond motifs is 1. The highest BCUT2D eigenvalue weighted by Crippen LogP contribution is 2.44. The molecule has 0 amide bonds. The van der Waals surface area contributed by atoms with Gasteiger partial charge in [0, 0.05) is 38.4 Å². The highest BCUT2D eigenvalue weighted by molar-refractivity contribution is 6.58. The fourth-order valence-electron chi connectivity index (χ4n) is 4.08. The molecule has 168 valence electrons. The van der Waals surface area contributed by atoms with Gasteiger partial charge in [0.15, 0.2) is 0 Å². The molecule has 1 unspecified atom stereocenters. The minimum atomic E-state index is -1.49. The van der Waals surface area contributed by atoms with Crippen LogP contribution < -0.4 is 20.2 Å². The van der Waals surface area contributed by atoms with Crippen LogP contribution in [0, 0.1) is 0 Å². The number of nitrogens with zero attached hydrogens (tertiary/aromatic N) is 4. The summed E-state index contributed by atoms with van der Waals surface area (Å²) in [6.07, 6.45) is 1.89. The first-order valence-electron chi connectivity index (χ1n) is 11.0. The summed E-state index contributed by atoms with van der Waals surface area (Å²) in [5, 5.41) is 19.3. The molecule has 0 radical (unpaired) electrons. The average Bonchev–Trinajstić information content (AvgIpc) is 3.00. The van der Waals surface area contributed by atoms with E-state index in [1.807, 2.05) is 25.4 Å². The van der Waals surface area contributed by atoms with Crippen molar-refractivity contribution in [2.24, 2.45) is 0 Å². The van der Waals surface area contributed by atoms with Crippen LogP contribution in [0.5, 0.6) is 0 Å². The number of benzene rings is 1. The van der Waals surface area contributed by atoms with Crippen molar-refractivity contribution in [1.29, 1.82) is 0 Å². The number of hydrogen-bond acceptors (Lipinski definition) is 7. The van der Waals surface area contributed by atoms with Gasteiger partial charge in [0.05, 0.1) is 23.6 Å². The lowest BCUT2D eigenvalue weighted by molar-refractivity contribution is 0.000965. The average molecular weight is 426 g/mol. The van der Waals surface area contributed by atoms with E-state index in [1.165, 1.54) is 0 Å². The molecule has 0 bridgehead atoms. The first kappa shape index (κ1) is 23.4. The summed E-state index contributed by atoms with van der Waals surface area (Å²) >= 11 is 0. The molecule has 3 rings (SSSR count). The SMILES string of the molecule is CCN(CC)c1ccc(C2N(C)c3cc(B(O)O)ccc3N2CCOC(C)(C)C)cn1. The van der Waals surface area contributed by atoms with Crippen molar-refractivity contribution in [3.63, 3.8) is 0 Å². The Morgan fingerprint density at radius 2 is 1.81 bits per heavy atom. The van der Waals surface area contributed by atoms with Crippen LogP contribution in [0.3, 0.4) is 0 Å². The summed E-state index contributed by atoms with van der Waals surface area (Å²) in [7, 11) is 0.533. The summed E-state index contributed by atoms with van der Waals surface area (Å²) in [6, 6.07) is 9.77. The zero-order valence-corrected chi connectivity index (χ0v) is 19.5. The van der Waals surface area contributed by atoms with Gasteiger partial charge in [-0.25, -0.2) is 4.98 Å². The van der Waals surface area contributed by atoms with E-state index in [0.717, 1.165) is 35.8 Å². The maximum absolute atomic E-state index is 9.64. The van der Waals surface area contributed by atoms with Crippen molar-refractivity contribution >= 4 is 29.8 Å². The second-order valence-corrected chi connectivity index (χ2v) is 8.88. The van der Waals surface area contributed by atoms with E-state index in [9.17, 15) is 10.0 Å². The Balaban J connectivity index is 1.93. The third-order valence-corrected chi connectivity index (χ3v) is 5.67. The standard InChI is InChI=1S/C23H35BN4O3/c1-7-27(8-2)21-12-9-17(16-25-21)22-26(6)20-15-18(24(29)30)10-11-19(20)28(22)13-14-31-23(3,4)5/h9-12,15-16,22,29-30H,7-8,13-14H2,1-6H3. The van der Waals surface area contributed by atoms with Crippen molar-refractivity contribution in [1.82, 2.24) is 4.98 Å². The number of anilines is 3. The molecule has 0 saturated carbocycles. The third-order valence-electron chi connectivity index (χ3n) is 5.67. The molecule has 8 heteroatoms. The first-order valence-corrected chi connectivity index (χ1v) is 11.0. The molecule has 0 saturated heterocycles. The Morgan fingerprint density at radius 3 is 2.35 bits per heavy atom. The van der Waals surface area contributed by atoms with Crippen LogP contribution in [-0.4, -0.2) is 61.0 Å². The van der Waals surface area contributed by atoms with E-state index in [1.54, 1.807) is 6.07 Å². The fourth-order valence-corrected chi connectivity index (χ4v) is 4.08. The van der Waals surface area contributed by atoms with Crippen molar-refractivity contribution in [3.8, 4) is 0 Å². The van der Waals surface area contributed by atoms with Gasteiger partial charge in [0.2, 0.25) is 0 Å². The summed E-state index contributed by atoms with van der Waals surface area (Å²) in [6.45, 7) is 13.5. The van der Waals surface area contributed by atoms with Crippen molar-refractivity contribution < 1.29 is 14.8 Å². The number of pyridine rings is 1. The lowest BCUT2D eigenvalue weighted by Crippen LogP contribution is -2.37. The van der Waals surface area contributed by atoms with Gasteiger partial charge in [-0.2, -0.15) is 0 Å². The number of rotatable bonds is 8. The Bertz CT molecular complexity index is 866. The van der Waals surface area contributed by atoms with Crippen LogP contribution in [0.4, 0.5) is 17.2 Å². The normalized spacial score (nSPS) is 15.9. The Kier molecular flexibility index (Phi) is 7.14. The molecular weight excluding hydrogens is 391 g/mol. The van der Waals surface area contributed by atoms with Gasteiger partial charge in [-0.1, -0.05) is 6.07 Å². The second-order valence-electron chi connectivity index (χ2n) is 8.88. The number of ether oxygens (including phenoxy) is 1. The van der Waals surface area contributed by atoms with Crippen molar-refractivity contribution in [2.45, 2.75) is 46.4 Å². The lowest BCUT2D eigenvalue weighted by Gasteiger charge is -2.32. The largest absolute Gasteiger partial charge is 0.488 e.